The number of hydrogen-bond donors (Lipinski definition) is 1. The normalized spacial score (nSPS) is 17.8. The number of rotatable bonds is 5. The third kappa shape index (κ3) is 4.23. The van der Waals surface area contributed by atoms with Crippen molar-refractivity contribution in [3.63, 3.8) is 0 Å². The molecule has 5 rings (SSSR count). The van der Waals surface area contributed by atoms with Crippen LogP contribution in [0.4, 0.5) is 5.69 Å². The molecular weight excluding hydrogens is 450 g/mol. The summed E-state index contributed by atoms with van der Waals surface area (Å²) in [6.07, 6.45) is 3.71. The number of anilines is 1. The second-order valence-corrected chi connectivity index (χ2v) is 9.98. The van der Waals surface area contributed by atoms with Crippen LogP contribution >= 0.6 is 12.2 Å². The summed E-state index contributed by atoms with van der Waals surface area (Å²) in [5.41, 5.74) is 8.06. The molecule has 3 aromatic heterocycles. The number of benzene rings is 1. The van der Waals surface area contributed by atoms with E-state index < -0.39 is 0 Å². The van der Waals surface area contributed by atoms with Crippen LogP contribution in [0.1, 0.15) is 65.6 Å². The summed E-state index contributed by atoms with van der Waals surface area (Å²) in [7, 11) is 0. The van der Waals surface area contributed by atoms with Gasteiger partial charge in [-0.25, -0.2) is 4.98 Å². The molecular formula is C29H31N5S. The Morgan fingerprint density at radius 2 is 1.69 bits per heavy atom. The maximum Gasteiger partial charge on any atom is 0.174 e. The van der Waals surface area contributed by atoms with E-state index in [-0.39, 0.29) is 12.1 Å². The van der Waals surface area contributed by atoms with Crippen molar-refractivity contribution in [2.45, 2.75) is 52.6 Å². The fourth-order valence-electron chi connectivity index (χ4n) is 5.05. The van der Waals surface area contributed by atoms with Crippen molar-refractivity contribution >= 4 is 23.0 Å². The largest absolute Gasteiger partial charge is 0.351 e. The van der Waals surface area contributed by atoms with Gasteiger partial charge >= 0.3 is 0 Å². The van der Waals surface area contributed by atoms with E-state index >= 15 is 0 Å². The molecule has 0 radical (unpaired) electrons. The zero-order valence-electron chi connectivity index (χ0n) is 20.9. The van der Waals surface area contributed by atoms with Gasteiger partial charge in [0.15, 0.2) is 5.11 Å². The highest BCUT2D eigenvalue weighted by atomic mass is 32.1. The zero-order valence-corrected chi connectivity index (χ0v) is 21.7. The average molecular weight is 482 g/mol. The third-order valence-corrected chi connectivity index (χ3v) is 7.17. The first-order valence-electron chi connectivity index (χ1n) is 12.1. The summed E-state index contributed by atoms with van der Waals surface area (Å²) in [6, 6.07) is 21.1. The van der Waals surface area contributed by atoms with Gasteiger partial charge in [0.1, 0.15) is 5.82 Å². The first kappa shape index (κ1) is 23.2. The molecule has 0 bridgehead atoms. The lowest BCUT2D eigenvalue weighted by Gasteiger charge is -2.28. The Kier molecular flexibility index (Phi) is 6.15. The maximum atomic E-state index is 5.92. The first-order chi connectivity index (χ1) is 16.8. The molecule has 1 N–H and O–H groups in total. The predicted octanol–water partition coefficient (Wildman–Crippen LogP) is 6.49. The minimum atomic E-state index is -0.0760. The molecule has 0 saturated carbocycles. The van der Waals surface area contributed by atoms with E-state index in [0.29, 0.717) is 11.0 Å². The molecule has 0 unspecified atom stereocenters. The van der Waals surface area contributed by atoms with Crippen LogP contribution in [0.5, 0.6) is 0 Å². The highest BCUT2D eigenvalue weighted by molar-refractivity contribution is 7.80. The molecule has 6 heteroatoms. The van der Waals surface area contributed by atoms with Crippen LogP contribution in [-0.4, -0.2) is 19.6 Å². The average Bonchev–Trinajstić information content (AvgIpc) is 3.34. The van der Waals surface area contributed by atoms with Crippen LogP contribution in [0.25, 0.3) is 5.82 Å². The molecule has 1 aliphatic heterocycles. The molecule has 4 heterocycles. The number of aromatic nitrogens is 3. The summed E-state index contributed by atoms with van der Waals surface area (Å²) >= 11 is 5.92. The van der Waals surface area contributed by atoms with Crippen molar-refractivity contribution in [2.24, 2.45) is 0 Å². The predicted molar refractivity (Wildman–Crippen MR) is 146 cm³/mol. The quantitative estimate of drug-likeness (QED) is 0.330. The molecule has 1 aromatic carbocycles. The monoisotopic (exact) mass is 481 g/mol. The van der Waals surface area contributed by atoms with Crippen LogP contribution < -0.4 is 10.2 Å². The van der Waals surface area contributed by atoms with Gasteiger partial charge in [-0.1, -0.05) is 32.0 Å². The van der Waals surface area contributed by atoms with Gasteiger partial charge in [-0.15, -0.1) is 0 Å². The molecule has 0 spiro atoms. The Bertz CT molecular complexity index is 1360. The molecule has 1 saturated heterocycles. The minimum absolute atomic E-state index is 0.0490. The lowest BCUT2D eigenvalue weighted by Crippen LogP contribution is -2.29. The van der Waals surface area contributed by atoms with Crippen molar-refractivity contribution < 1.29 is 0 Å². The van der Waals surface area contributed by atoms with E-state index in [9.17, 15) is 0 Å². The second kappa shape index (κ2) is 9.27. The lowest BCUT2D eigenvalue weighted by atomic mass is 9.96. The van der Waals surface area contributed by atoms with Crippen LogP contribution in [0.15, 0.2) is 73.1 Å². The number of nitrogens with zero attached hydrogens (tertiary/aromatic N) is 4. The molecule has 35 heavy (non-hydrogen) atoms. The van der Waals surface area contributed by atoms with Crippen molar-refractivity contribution in [2.75, 3.05) is 4.90 Å². The van der Waals surface area contributed by atoms with Crippen LogP contribution in [0.3, 0.4) is 0 Å². The van der Waals surface area contributed by atoms with E-state index in [0.717, 1.165) is 28.6 Å². The summed E-state index contributed by atoms with van der Waals surface area (Å²) in [4.78, 5) is 11.6. The van der Waals surface area contributed by atoms with E-state index in [1.807, 2.05) is 30.6 Å². The smallest absolute Gasteiger partial charge is 0.174 e. The van der Waals surface area contributed by atoms with Gasteiger partial charge in [0.2, 0.25) is 0 Å². The molecule has 0 aliphatic carbocycles. The topological polar surface area (TPSA) is 46.0 Å². The SMILES string of the molecule is Cc1ccnc(-n2c(C)cc([C@H]3[C@H](c4ccccn4)NC(=S)N3c3ccc(C(C)C)cc3)c2C)c1. The Balaban J connectivity index is 1.66. The third-order valence-electron chi connectivity index (χ3n) is 6.86. The van der Waals surface area contributed by atoms with E-state index in [1.165, 1.54) is 16.7 Å². The van der Waals surface area contributed by atoms with Gasteiger partial charge in [-0.05, 0) is 98.1 Å². The fraction of sp³-hybridized carbons (Fsp3) is 0.276. The van der Waals surface area contributed by atoms with Crippen molar-refractivity contribution in [1.29, 1.82) is 0 Å². The molecule has 5 nitrogen and oxygen atoms in total. The van der Waals surface area contributed by atoms with Crippen LogP contribution in [0, 0.1) is 20.8 Å². The van der Waals surface area contributed by atoms with Crippen molar-refractivity contribution in [3.8, 4) is 5.82 Å². The summed E-state index contributed by atoms with van der Waals surface area (Å²) in [5.74, 6) is 1.41. The number of hydrogen-bond acceptors (Lipinski definition) is 3. The Hall–Kier alpha value is -3.51. The number of thiocarbonyl (C=S) groups is 1. The highest BCUT2D eigenvalue weighted by Crippen LogP contribution is 2.43. The summed E-state index contributed by atoms with van der Waals surface area (Å²) in [5, 5.41) is 4.29. The van der Waals surface area contributed by atoms with Gasteiger partial charge in [0.05, 0.1) is 17.8 Å². The standard InChI is InChI=1S/C29H31N5S/c1-18(2)22-9-11-23(12-10-22)34-28(27(32-29(34)35)25-8-6-7-14-30-25)24-17-20(4)33(21(24)5)26-16-19(3)13-15-31-26/h6-18,27-28H,1-5H3,(H,32,35)/t27-,28-/m0/s1. The molecule has 0 amide bonds. The number of pyridine rings is 2. The lowest BCUT2D eigenvalue weighted by molar-refractivity contribution is 0.565. The second-order valence-electron chi connectivity index (χ2n) is 9.60. The Morgan fingerprint density at radius 1 is 0.914 bits per heavy atom. The molecule has 178 valence electrons. The van der Waals surface area contributed by atoms with Gasteiger partial charge in [0.25, 0.3) is 0 Å². The van der Waals surface area contributed by atoms with Crippen molar-refractivity contribution in [1.82, 2.24) is 19.9 Å². The van der Waals surface area contributed by atoms with E-state index in [2.05, 4.69) is 96.9 Å². The van der Waals surface area contributed by atoms with E-state index in [4.69, 9.17) is 17.2 Å². The van der Waals surface area contributed by atoms with Gasteiger partial charge in [0, 0.05) is 29.5 Å². The minimum Gasteiger partial charge on any atom is -0.351 e. The summed E-state index contributed by atoms with van der Waals surface area (Å²) in [6.45, 7) is 10.8. The van der Waals surface area contributed by atoms with Gasteiger partial charge in [-0.3, -0.25) is 4.98 Å². The molecule has 4 aromatic rings. The highest BCUT2D eigenvalue weighted by Gasteiger charge is 2.42. The Morgan fingerprint density at radius 3 is 2.34 bits per heavy atom. The first-order valence-corrected chi connectivity index (χ1v) is 12.5. The van der Waals surface area contributed by atoms with Gasteiger partial charge < -0.3 is 14.8 Å². The van der Waals surface area contributed by atoms with Crippen LogP contribution in [-0.2, 0) is 0 Å². The molecule has 1 fully saturated rings. The Labute approximate surface area is 212 Å². The zero-order chi connectivity index (χ0) is 24.7. The maximum absolute atomic E-state index is 5.92. The van der Waals surface area contributed by atoms with Crippen molar-refractivity contribution in [3.05, 3.63) is 107 Å². The van der Waals surface area contributed by atoms with Crippen LogP contribution in [0.2, 0.25) is 0 Å². The summed E-state index contributed by atoms with van der Waals surface area (Å²) < 4.78 is 2.24. The van der Waals surface area contributed by atoms with E-state index in [1.54, 1.807) is 0 Å². The molecule has 1 aliphatic rings. The number of aryl methyl sites for hydroxylation is 2. The number of nitrogens with one attached hydrogen (secondary N) is 1. The molecule has 2 atom stereocenters. The van der Waals surface area contributed by atoms with Gasteiger partial charge in [-0.2, -0.15) is 0 Å². The fourth-order valence-corrected chi connectivity index (χ4v) is 5.40.